The Morgan fingerprint density at radius 2 is 2.38 bits per heavy atom. The monoisotopic (exact) mass is 285 g/mol. The molecule has 5 nitrogen and oxygen atoms in total. The van der Waals surface area contributed by atoms with Gasteiger partial charge in [-0.05, 0) is 37.3 Å². The summed E-state index contributed by atoms with van der Waals surface area (Å²) in [5.74, 6) is 0.262. The number of rotatable bonds is 3. The normalized spacial score (nSPS) is 18.7. The molecule has 0 spiro atoms. The lowest BCUT2D eigenvalue weighted by molar-refractivity contribution is 0.0569. The van der Waals surface area contributed by atoms with Crippen molar-refractivity contribution in [1.82, 2.24) is 15.0 Å². The van der Waals surface area contributed by atoms with Crippen LogP contribution in [-0.4, -0.2) is 27.5 Å². The minimum Gasteiger partial charge on any atom is -0.351 e. The van der Waals surface area contributed by atoms with Gasteiger partial charge in [0.05, 0.1) is 11.7 Å². The van der Waals surface area contributed by atoms with Crippen molar-refractivity contribution < 1.29 is 9.32 Å². The molecule has 0 aliphatic carbocycles. The van der Waals surface area contributed by atoms with Crippen LogP contribution < -0.4 is 0 Å². The van der Waals surface area contributed by atoms with Gasteiger partial charge in [-0.1, -0.05) is 18.1 Å². The summed E-state index contributed by atoms with van der Waals surface area (Å²) in [6.07, 6.45) is 7.48. The van der Waals surface area contributed by atoms with E-state index < -0.39 is 0 Å². The van der Waals surface area contributed by atoms with Gasteiger partial charge in [0.1, 0.15) is 0 Å². The van der Waals surface area contributed by atoms with Crippen LogP contribution in [0.2, 0.25) is 0 Å². The molecule has 3 heterocycles. The lowest BCUT2D eigenvalue weighted by atomic mass is 9.96. The van der Waals surface area contributed by atoms with Crippen LogP contribution in [0, 0.1) is 0 Å². The van der Waals surface area contributed by atoms with Crippen molar-refractivity contribution in [3.05, 3.63) is 47.6 Å². The van der Waals surface area contributed by atoms with Crippen LogP contribution in [-0.2, 0) is 6.42 Å². The summed E-state index contributed by atoms with van der Waals surface area (Å²) >= 11 is 0. The number of pyridine rings is 1. The molecule has 1 atom stereocenters. The summed E-state index contributed by atoms with van der Waals surface area (Å²) in [4.78, 5) is 18.7. The molecule has 0 N–H and O–H groups in total. The fraction of sp³-hybridized carbons (Fsp3) is 0.438. The lowest BCUT2D eigenvalue weighted by Crippen LogP contribution is -2.38. The summed E-state index contributed by atoms with van der Waals surface area (Å²) in [5.41, 5.74) is 1.90. The highest BCUT2D eigenvalue weighted by atomic mass is 16.5. The van der Waals surface area contributed by atoms with E-state index in [-0.39, 0.29) is 11.9 Å². The van der Waals surface area contributed by atoms with Crippen molar-refractivity contribution in [2.24, 2.45) is 0 Å². The Bertz CT molecular complexity index is 609. The maximum absolute atomic E-state index is 12.7. The molecule has 1 aliphatic heterocycles. The third-order valence-electron chi connectivity index (χ3n) is 3.96. The van der Waals surface area contributed by atoms with E-state index in [1.807, 2.05) is 30.2 Å². The molecule has 0 aromatic carbocycles. The predicted molar refractivity (Wildman–Crippen MR) is 77.7 cm³/mol. The molecule has 1 aliphatic rings. The van der Waals surface area contributed by atoms with E-state index >= 15 is 0 Å². The number of carbonyl (C=O) groups is 1. The Morgan fingerprint density at radius 1 is 1.48 bits per heavy atom. The zero-order chi connectivity index (χ0) is 14.7. The number of aromatic nitrogens is 2. The SMILES string of the molecule is CCc1cc(C(=O)N2CCCC[C@H]2c2cccnc2)on1. The smallest absolute Gasteiger partial charge is 0.292 e. The molecule has 110 valence electrons. The van der Waals surface area contributed by atoms with Crippen molar-refractivity contribution in [2.75, 3.05) is 6.54 Å². The zero-order valence-corrected chi connectivity index (χ0v) is 12.2. The van der Waals surface area contributed by atoms with Gasteiger partial charge >= 0.3 is 0 Å². The largest absolute Gasteiger partial charge is 0.351 e. The van der Waals surface area contributed by atoms with E-state index in [4.69, 9.17) is 4.52 Å². The van der Waals surface area contributed by atoms with Crippen LogP contribution in [0.5, 0.6) is 0 Å². The number of hydrogen-bond acceptors (Lipinski definition) is 4. The fourth-order valence-corrected chi connectivity index (χ4v) is 2.82. The topological polar surface area (TPSA) is 59.2 Å². The number of nitrogens with zero attached hydrogens (tertiary/aromatic N) is 3. The number of amides is 1. The van der Waals surface area contributed by atoms with Gasteiger partial charge in [-0.15, -0.1) is 0 Å². The molecule has 0 saturated carbocycles. The summed E-state index contributed by atoms with van der Waals surface area (Å²) in [6.45, 7) is 2.74. The Morgan fingerprint density at radius 3 is 3.10 bits per heavy atom. The van der Waals surface area contributed by atoms with Crippen molar-refractivity contribution in [3.63, 3.8) is 0 Å². The molecular weight excluding hydrogens is 266 g/mol. The van der Waals surface area contributed by atoms with E-state index in [0.717, 1.165) is 43.5 Å². The van der Waals surface area contributed by atoms with Gasteiger partial charge in [0, 0.05) is 25.0 Å². The third kappa shape index (κ3) is 2.82. The summed E-state index contributed by atoms with van der Waals surface area (Å²) in [6, 6.07) is 5.77. The van der Waals surface area contributed by atoms with E-state index in [9.17, 15) is 4.79 Å². The highest BCUT2D eigenvalue weighted by Gasteiger charge is 2.30. The van der Waals surface area contributed by atoms with Gasteiger partial charge in [0.15, 0.2) is 0 Å². The molecule has 0 bridgehead atoms. The van der Waals surface area contributed by atoms with E-state index in [1.165, 1.54) is 0 Å². The van der Waals surface area contributed by atoms with Crippen LogP contribution >= 0.6 is 0 Å². The average Bonchev–Trinajstić information content (AvgIpc) is 3.04. The maximum atomic E-state index is 12.7. The second-order valence-corrected chi connectivity index (χ2v) is 5.33. The first-order chi connectivity index (χ1) is 10.3. The van der Waals surface area contributed by atoms with Gasteiger partial charge in [0.25, 0.3) is 5.91 Å². The zero-order valence-electron chi connectivity index (χ0n) is 12.2. The van der Waals surface area contributed by atoms with Crippen molar-refractivity contribution in [3.8, 4) is 0 Å². The first-order valence-corrected chi connectivity index (χ1v) is 7.46. The summed E-state index contributed by atoms with van der Waals surface area (Å²) < 4.78 is 5.20. The second kappa shape index (κ2) is 6.08. The molecule has 21 heavy (non-hydrogen) atoms. The fourth-order valence-electron chi connectivity index (χ4n) is 2.82. The predicted octanol–water partition coefficient (Wildman–Crippen LogP) is 3.00. The molecule has 0 radical (unpaired) electrons. The number of piperidine rings is 1. The number of aryl methyl sites for hydroxylation is 1. The minimum absolute atomic E-state index is 0.0734. The van der Waals surface area contributed by atoms with Crippen molar-refractivity contribution in [1.29, 1.82) is 0 Å². The average molecular weight is 285 g/mol. The molecule has 1 amide bonds. The van der Waals surface area contributed by atoms with Gasteiger partial charge in [-0.2, -0.15) is 0 Å². The minimum atomic E-state index is -0.0734. The first kappa shape index (κ1) is 13.8. The Hall–Kier alpha value is -2.17. The van der Waals surface area contributed by atoms with E-state index in [0.29, 0.717) is 5.76 Å². The maximum Gasteiger partial charge on any atom is 0.292 e. The molecular formula is C16H19N3O2. The molecule has 5 heteroatoms. The molecule has 2 aromatic heterocycles. The third-order valence-corrected chi connectivity index (χ3v) is 3.96. The summed E-state index contributed by atoms with van der Waals surface area (Å²) in [7, 11) is 0. The van der Waals surface area contributed by atoms with Gasteiger partial charge in [0.2, 0.25) is 5.76 Å². The quantitative estimate of drug-likeness (QED) is 0.869. The second-order valence-electron chi connectivity index (χ2n) is 5.33. The standard InChI is InChI=1S/C16H19N3O2/c1-2-13-10-15(21-18-13)16(20)19-9-4-3-7-14(19)12-6-5-8-17-11-12/h5-6,8,10-11,14H,2-4,7,9H2,1H3/t14-/m0/s1. The van der Waals surface area contributed by atoms with E-state index in [1.54, 1.807) is 12.3 Å². The molecule has 1 fully saturated rings. The highest BCUT2D eigenvalue weighted by molar-refractivity contribution is 5.91. The van der Waals surface area contributed by atoms with Crippen LogP contribution in [0.3, 0.4) is 0 Å². The molecule has 2 aromatic rings. The number of likely N-dealkylation sites (tertiary alicyclic amines) is 1. The Kier molecular flexibility index (Phi) is 3.99. The van der Waals surface area contributed by atoms with Crippen LogP contribution in [0.25, 0.3) is 0 Å². The van der Waals surface area contributed by atoms with Crippen LogP contribution in [0.15, 0.2) is 35.1 Å². The Balaban J connectivity index is 1.85. The molecule has 3 rings (SSSR count). The lowest BCUT2D eigenvalue weighted by Gasteiger charge is -2.35. The number of hydrogen-bond donors (Lipinski definition) is 0. The Labute approximate surface area is 124 Å². The van der Waals surface area contributed by atoms with Crippen molar-refractivity contribution in [2.45, 2.75) is 38.6 Å². The van der Waals surface area contributed by atoms with E-state index in [2.05, 4.69) is 10.1 Å². The molecule has 0 unspecified atom stereocenters. The number of carbonyl (C=O) groups excluding carboxylic acids is 1. The van der Waals surface area contributed by atoms with Crippen molar-refractivity contribution >= 4 is 5.91 Å². The highest BCUT2D eigenvalue weighted by Crippen LogP contribution is 2.31. The van der Waals surface area contributed by atoms with Crippen LogP contribution in [0.4, 0.5) is 0 Å². The molecule has 1 saturated heterocycles. The van der Waals surface area contributed by atoms with Gasteiger partial charge < -0.3 is 9.42 Å². The van der Waals surface area contributed by atoms with Gasteiger partial charge in [-0.25, -0.2) is 0 Å². The first-order valence-electron chi connectivity index (χ1n) is 7.46. The van der Waals surface area contributed by atoms with Crippen LogP contribution in [0.1, 0.15) is 54.0 Å². The summed E-state index contributed by atoms with van der Waals surface area (Å²) in [5, 5.41) is 3.91. The van der Waals surface area contributed by atoms with Gasteiger partial charge in [-0.3, -0.25) is 9.78 Å².